The molecule has 21 heavy (non-hydrogen) atoms. The van der Waals surface area contributed by atoms with Crippen LogP contribution in [0.4, 0.5) is 0 Å². The highest BCUT2D eigenvalue weighted by atomic mass is 35.5. The molecule has 1 aliphatic rings. The van der Waals surface area contributed by atoms with E-state index in [0.29, 0.717) is 5.02 Å². The maximum Gasteiger partial charge on any atom is 0.161 e. The van der Waals surface area contributed by atoms with Gasteiger partial charge in [0.15, 0.2) is 5.78 Å². The third-order valence-corrected chi connectivity index (χ3v) is 4.22. The number of carbonyl (C=O) groups is 1. The van der Waals surface area contributed by atoms with Crippen molar-refractivity contribution in [2.75, 3.05) is 32.8 Å². The van der Waals surface area contributed by atoms with E-state index in [4.69, 9.17) is 16.3 Å². The Kier molecular flexibility index (Phi) is 4.29. The second-order valence-corrected chi connectivity index (χ2v) is 5.84. The van der Waals surface area contributed by atoms with Crippen molar-refractivity contribution in [3.8, 4) is 0 Å². The first-order valence-electron chi connectivity index (χ1n) is 7.24. The zero-order chi connectivity index (χ0) is 14.8. The first-order chi connectivity index (χ1) is 10.1. The number of benzene rings is 1. The predicted molar refractivity (Wildman–Crippen MR) is 84.2 cm³/mol. The number of Topliss-reactive ketones (excluding diaryl/α,β-unsaturated/α-hetero) is 1. The van der Waals surface area contributed by atoms with Crippen molar-refractivity contribution >= 4 is 28.3 Å². The van der Waals surface area contributed by atoms with Gasteiger partial charge in [-0.15, -0.1) is 0 Å². The van der Waals surface area contributed by atoms with Gasteiger partial charge in [0, 0.05) is 48.3 Å². The summed E-state index contributed by atoms with van der Waals surface area (Å²) in [5, 5.41) is 1.68. The average Bonchev–Trinajstić information content (AvgIpc) is 2.84. The molecule has 5 heteroatoms. The third kappa shape index (κ3) is 3.12. The standard InChI is InChI=1S/C16H19ClN2O2/c1-12(20)15-11-19(5-4-18-6-8-21-9-7-18)16-10-13(17)2-3-14(15)16/h2-3,10-11H,4-9H2,1H3. The van der Waals surface area contributed by atoms with Gasteiger partial charge in [-0.3, -0.25) is 9.69 Å². The van der Waals surface area contributed by atoms with Gasteiger partial charge in [-0.1, -0.05) is 17.7 Å². The van der Waals surface area contributed by atoms with Gasteiger partial charge in [0.05, 0.1) is 18.7 Å². The molecule has 0 radical (unpaired) electrons. The Morgan fingerprint density at radius 1 is 1.29 bits per heavy atom. The lowest BCUT2D eigenvalue weighted by Crippen LogP contribution is -2.38. The van der Waals surface area contributed by atoms with E-state index in [0.717, 1.165) is 55.9 Å². The number of halogens is 1. The van der Waals surface area contributed by atoms with E-state index < -0.39 is 0 Å². The molecule has 1 aromatic heterocycles. The Bertz CT molecular complexity index is 660. The van der Waals surface area contributed by atoms with Gasteiger partial charge in [0.25, 0.3) is 0 Å². The SMILES string of the molecule is CC(=O)c1cn(CCN2CCOCC2)c2cc(Cl)ccc12. The minimum Gasteiger partial charge on any atom is -0.379 e. The highest BCUT2D eigenvalue weighted by Gasteiger charge is 2.14. The molecule has 0 spiro atoms. The van der Waals surface area contributed by atoms with E-state index in [2.05, 4.69) is 9.47 Å². The average molecular weight is 307 g/mol. The zero-order valence-corrected chi connectivity index (χ0v) is 12.9. The Morgan fingerprint density at radius 2 is 2.05 bits per heavy atom. The summed E-state index contributed by atoms with van der Waals surface area (Å²) in [6, 6.07) is 5.70. The van der Waals surface area contributed by atoms with Crippen LogP contribution in [0.3, 0.4) is 0 Å². The monoisotopic (exact) mass is 306 g/mol. The molecule has 4 nitrogen and oxygen atoms in total. The van der Waals surface area contributed by atoms with E-state index in [1.807, 2.05) is 24.4 Å². The van der Waals surface area contributed by atoms with Crippen LogP contribution >= 0.6 is 11.6 Å². The summed E-state index contributed by atoms with van der Waals surface area (Å²) in [7, 11) is 0. The first-order valence-corrected chi connectivity index (χ1v) is 7.62. The molecule has 0 saturated carbocycles. The number of hydrogen-bond donors (Lipinski definition) is 0. The summed E-state index contributed by atoms with van der Waals surface area (Å²) in [6.45, 7) is 6.96. The van der Waals surface area contributed by atoms with Crippen molar-refractivity contribution in [3.05, 3.63) is 35.0 Å². The summed E-state index contributed by atoms with van der Waals surface area (Å²) in [5.41, 5.74) is 1.80. The third-order valence-electron chi connectivity index (χ3n) is 3.98. The highest BCUT2D eigenvalue weighted by Crippen LogP contribution is 2.25. The molecule has 1 saturated heterocycles. The molecule has 3 rings (SSSR count). The van der Waals surface area contributed by atoms with E-state index in [1.165, 1.54) is 0 Å². The van der Waals surface area contributed by atoms with Crippen LogP contribution in [-0.4, -0.2) is 48.1 Å². The van der Waals surface area contributed by atoms with Crippen LogP contribution in [0.2, 0.25) is 5.02 Å². The van der Waals surface area contributed by atoms with Crippen molar-refractivity contribution in [1.82, 2.24) is 9.47 Å². The molecule has 0 aliphatic carbocycles. The fraction of sp³-hybridized carbons (Fsp3) is 0.438. The van der Waals surface area contributed by atoms with Gasteiger partial charge in [-0.2, -0.15) is 0 Å². The summed E-state index contributed by atoms with van der Waals surface area (Å²) >= 11 is 6.10. The fourth-order valence-electron chi connectivity index (χ4n) is 2.80. The molecule has 2 heterocycles. The maximum absolute atomic E-state index is 11.8. The highest BCUT2D eigenvalue weighted by molar-refractivity contribution is 6.31. The molecule has 1 aromatic carbocycles. The zero-order valence-electron chi connectivity index (χ0n) is 12.1. The predicted octanol–water partition coefficient (Wildman–Crippen LogP) is 2.83. The van der Waals surface area contributed by atoms with Crippen molar-refractivity contribution < 1.29 is 9.53 Å². The van der Waals surface area contributed by atoms with Crippen molar-refractivity contribution in [1.29, 1.82) is 0 Å². The minimum absolute atomic E-state index is 0.0902. The molecule has 2 aromatic rings. The molecule has 1 fully saturated rings. The topological polar surface area (TPSA) is 34.5 Å². The lowest BCUT2D eigenvalue weighted by Gasteiger charge is -2.26. The summed E-state index contributed by atoms with van der Waals surface area (Å²) < 4.78 is 7.50. The number of morpholine rings is 1. The number of rotatable bonds is 4. The quantitative estimate of drug-likeness (QED) is 0.815. The van der Waals surface area contributed by atoms with Gasteiger partial charge in [0.2, 0.25) is 0 Å². The van der Waals surface area contributed by atoms with Crippen molar-refractivity contribution in [3.63, 3.8) is 0 Å². The molecule has 0 unspecified atom stereocenters. The molecule has 0 N–H and O–H groups in total. The molecule has 1 aliphatic heterocycles. The van der Waals surface area contributed by atoms with Crippen LogP contribution in [0.5, 0.6) is 0 Å². The van der Waals surface area contributed by atoms with E-state index in [-0.39, 0.29) is 5.78 Å². The lowest BCUT2D eigenvalue weighted by atomic mass is 10.1. The van der Waals surface area contributed by atoms with Crippen LogP contribution in [0.15, 0.2) is 24.4 Å². The number of nitrogens with zero attached hydrogens (tertiary/aromatic N) is 2. The van der Waals surface area contributed by atoms with Gasteiger partial charge in [-0.25, -0.2) is 0 Å². The van der Waals surface area contributed by atoms with Crippen LogP contribution < -0.4 is 0 Å². The van der Waals surface area contributed by atoms with Gasteiger partial charge in [-0.05, 0) is 19.1 Å². The van der Waals surface area contributed by atoms with E-state index >= 15 is 0 Å². The summed E-state index contributed by atoms with van der Waals surface area (Å²) in [6.07, 6.45) is 1.95. The number of aromatic nitrogens is 1. The van der Waals surface area contributed by atoms with Crippen LogP contribution in [0.25, 0.3) is 10.9 Å². The van der Waals surface area contributed by atoms with Gasteiger partial charge < -0.3 is 9.30 Å². The first kappa shape index (κ1) is 14.6. The number of ketones is 1. The fourth-order valence-corrected chi connectivity index (χ4v) is 2.97. The molecular formula is C16H19ClN2O2. The minimum atomic E-state index is 0.0902. The van der Waals surface area contributed by atoms with Gasteiger partial charge in [0.1, 0.15) is 0 Å². The van der Waals surface area contributed by atoms with Crippen LogP contribution in [0.1, 0.15) is 17.3 Å². The normalized spacial score (nSPS) is 16.5. The van der Waals surface area contributed by atoms with Crippen molar-refractivity contribution in [2.24, 2.45) is 0 Å². The summed E-state index contributed by atoms with van der Waals surface area (Å²) in [4.78, 5) is 14.2. The van der Waals surface area contributed by atoms with Crippen molar-refractivity contribution in [2.45, 2.75) is 13.5 Å². The summed E-state index contributed by atoms with van der Waals surface area (Å²) in [5.74, 6) is 0.0902. The number of ether oxygens (including phenoxy) is 1. The van der Waals surface area contributed by atoms with E-state index in [9.17, 15) is 4.79 Å². The second-order valence-electron chi connectivity index (χ2n) is 5.41. The lowest BCUT2D eigenvalue weighted by molar-refractivity contribution is 0.0365. The number of hydrogen-bond acceptors (Lipinski definition) is 3. The smallest absolute Gasteiger partial charge is 0.161 e. The molecule has 0 atom stereocenters. The number of carbonyl (C=O) groups excluding carboxylic acids is 1. The second kappa shape index (κ2) is 6.18. The Balaban J connectivity index is 1.86. The molecular weight excluding hydrogens is 288 g/mol. The van der Waals surface area contributed by atoms with E-state index in [1.54, 1.807) is 6.92 Å². The Labute approximate surface area is 129 Å². The molecule has 112 valence electrons. The maximum atomic E-state index is 11.8. The van der Waals surface area contributed by atoms with Gasteiger partial charge >= 0.3 is 0 Å². The van der Waals surface area contributed by atoms with Crippen LogP contribution in [-0.2, 0) is 11.3 Å². The van der Waals surface area contributed by atoms with Crippen LogP contribution in [0, 0.1) is 0 Å². The Hall–Kier alpha value is -1.36. The number of fused-ring (bicyclic) bond motifs is 1. The largest absolute Gasteiger partial charge is 0.379 e. The molecule has 0 bridgehead atoms. The molecule has 0 amide bonds. The Morgan fingerprint density at radius 3 is 2.76 bits per heavy atom.